The highest BCUT2D eigenvalue weighted by Crippen LogP contribution is 2.25. The summed E-state index contributed by atoms with van der Waals surface area (Å²) in [6, 6.07) is 5.28. The lowest BCUT2D eigenvalue weighted by molar-refractivity contribution is -0.116. The zero-order chi connectivity index (χ0) is 12.3. The molecule has 0 bridgehead atoms. The van der Waals surface area contributed by atoms with Gasteiger partial charge in [-0.2, -0.15) is 12.6 Å². The van der Waals surface area contributed by atoms with E-state index in [0.717, 1.165) is 4.47 Å². The van der Waals surface area contributed by atoms with Crippen LogP contribution in [0, 0.1) is 5.92 Å². The van der Waals surface area contributed by atoms with Gasteiger partial charge in [0.05, 0.1) is 10.3 Å². The number of hydrogen-bond acceptors (Lipinski definition) is 2. The van der Waals surface area contributed by atoms with Crippen molar-refractivity contribution in [2.24, 2.45) is 5.92 Å². The molecule has 0 aliphatic carbocycles. The Morgan fingerprint density at radius 3 is 2.62 bits per heavy atom. The molecule has 1 amide bonds. The molecule has 16 heavy (non-hydrogen) atoms. The Labute approximate surface area is 114 Å². The van der Waals surface area contributed by atoms with Gasteiger partial charge < -0.3 is 5.32 Å². The third-order valence-electron chi connectivity index (χ3n) is 2.09. The van der Waals surface area contributed by atoms with Gasteiger partial charge in [-0.05, 0) is 40.0 Å². The van der Waals surface area contributed by atoms with E-state index in [4.69, 9.17) is 11.6 Å². The summed E-state index contributed by atoms with van der Waals surface area (Å²) in [5, 5.41) is 3.02. The van der Waals surface area contributed by atoms with Crippen LogP contribution in [0.4, 0.5) is 5.69 Å². The van der Waals surface area contributed by atoms with E-state index < -0.39 is 0 Å². The molecular weight excluding hydrogens is 310 g/mol. The van der Waals surface area contributed by atoms with E-state index >= 15 is 0 Å². The Hall–Kier alpha value is -0.190. The molecule has 1 aromatic rings. The molecule has 5 heteroatoms. The summed E-state index contributed by atoms with van der Waals surface area (Å²) >= 11 is 13.5. The summed E-state index contributed by atoms with van der Waals surface area (Å²) in [4.78, 5) is 11.7. The average Bonchev–Trinajstić information content (AvgIpc) is 2.22. The average molecular weight is 323 g/mol. The molecule has 0 radical (unpaired) electrons. The van der Waals surface area contributed by atoms with Crippen LogP contribution in [0.5, 0.6) is 0 Å². The van der Waals surface area contributed by atoms with Crippen molar-refractivity contribution >= 4 is 51.8 Å². The Morgan fingerprint density at radius 1 is 1.50 bits per heavy atom. The van der Waals surface area contributed by atoms with Crippen LogP contribution in [0.25, 0.3) is 0 Å². The first-order valence-corrected chi connectivity index (χ1v) is 6.54. The molecule has 0 saturated carbocycles. The summed E-state index contributed by atoms with van der Waals surface area (Å²) in [6.07, 6.45) is 0. The van der Waals surface area contributed by atoms with E-state index in [2.05, 4.69) is 33.9 Å². The van der Waals surface area contributed by atoms with Gasteiger partial charge in [-0.3, -0.25) is 4.79 Å². The molecule has 0 aromatic heterocycles. The number of benzene rings is 1. The lowest BCUT2D eigenvalue weighted by atomic mass is 10.1. The van der Waals surface area contributed by atoms with Crippen LogP contribution in [0.3, 0.4) is 0 Å². The fraction of sp³-hybridized carbons (Fsp3) is 0.364. The van der Waals surface area contributed by atoms with Gasteiger partial charge in [-0.15, -0.1) is 0 Å². The maximum absolute atomic E-state index is 11.7. The number of amides is 1. The summed E-state index contributed by atoms with van der Waals surface area (Å²) < 4.78 is 0.804. The highest BCUT2D eigenvalue weighted by Gasteiger charge is 2.17. The molecule has 0 fully saturated rings. The second-order valence-corrected chi connectivity index (χ2v) is 5.62. The third-order valence-corrected chi connectivity index (χ3v) is 4.15. The van der Waals surface area contributed by atoms with Crippen LogP contribution in [0.1, 0.15) is 13.8 Å². The molecule has 0 heterocycles. The summed E-state index contributed by atoms with van der Waals surface area (Å²) in [6.45, 7) is 3.90. The number of nitrogens with one attached hydrogen (secondary N) is 1. The molecule has 0 saturated heterocycles. The molecule has 88 valence electrons. The summed E-state index contributed by atoms with van der Waals surface area (Å²) in [5.41, 5.74) is 0.679. The van der Waals surface area contributed by atoms with E-state index in [1.54, 1.807) is 18.2 Å². The topological polar surface area (TPSA) is 29.1 Å². The number of halogens is 2. The van der Waals surface area contributed by atoms with Crippen LogP contribution in [0.2, 0.25) is 5.02 Å². The van der Waals surface area contributed by atoms with Gasteiger partial charge in [0, 0.05) is 10.2 Å². The Bertz CT molecular complexity index is 398. The smallest absolute Gasteiger partial charge is 0.237 e. The van der Waals surface area contributed by atoms with Crippen LogP contribution in [-0.2, 0) is 4.79 Å². The summed E-state index contributed by atoms with van der Waals surface area (Å²) in [7, 11) is 0. The van der Waals surface area contributed by atoms with E-state index in [9.17, 15) is 4.79 Å². The quantitative estimate of drug-likeness (QED) is 0.809. The van der Waals surface area contributed by atoms with Crippen molar-refractivity contribution in [3.05, 3.63) is 27.7 Å². The van der Waals surface area contributed by atoms with Gasteiger partial charge in [0.1, 0.15) is 0 Å². The second kappa shape index (κ2) is 5.94. The second-order valence-electron chi connectivity index (χ2n) is 3.81. The van der Waals surface area contributed by atoms with Crippen LogP contribution >= 0.6 is 40.2 Å². The van der Waals surface area contributed by atoms with E-state index in [0.29, 0.717) is 10.7 Å². The number of carbonyl (C=O) groups is 1. The summed E-state index contributed by atoms with van der Waals surface area (Å²) in [5.74, 6) is 0.0750. The normalized spacial score (nSPS) is 12.6. The predicted octanol–water partition coefficient (Wildman–Crippen LogP) is 4.00. The number of hydrogen-bond donors (Lipinski definition) is 2. The van der Waals surface area contributed by atoms with Crippen molar-refractivity contribution in [3.63, 3.8) is 0 Å². The van der Waals surface area contributed by atoms with E-state index in [-0.39, 0.29) is 17.1 Å². The van der Waals surface area contributed by atoms with Crippen molar-refractivity contribution in [3.8, 4) is 0 Å². The minimum Gasteiger partial charge on any atom is -0.325 e. The van der Waals surface area contributed by atoms with Gasteiger partial charge in [-0.25, -0.2) is 0 Å². The number of rotatable bonds is 3. The standard InChI is InChI=1S/C11H13BrClNOS/c1-6(2)10(16)11(15)14-7-3-4-8(12)9(13)5-7/h3-6,10,16H,1-2H3,(H,14,15). The zero-order valence-corrected chi connectivity index (χ0v) is 12.2. The van der Waals surface area contributed by atoms with Crippen LogP contribution in [0.15, 0.2) is 22.7 Å². The fourth-order valence-electron chi connectivity index (χ4n) is 1.09. The van der Waals surface area contributed by atoms with Gasteiger partial charge in [0.15, 0.2) is 0 Å². The first kappa shape index (κ1) is 13.9. The lowest BCUT2D eigenvalue weighted by Crippen LogP contribution is -2.27. The van der Waals surface area contributed by atoms with Crippen LogP contribution < -0.4 is 5.32 Å². The van der Waals surface area contributed by atoms with E-state index in [1.165, 1.54) is 0 Å². The Morgan fingerprint density at radius 2 is 2.12 bits per heavy atom. The van der Waals surface area contributed by atoms with Crippen LogP contribution in [-0.4, -0.2) is 11.2 Å². The highest BCUT2D eigenvalue weighted by atomic mass is 79.9. The molecule has 1 atom stereocenters. The predicted molar refractivity (Wildman–Crippen MR) is 75.4 cm³/mol. The SMILES string of the molecule is CC(C)C(S)C(=O)Nc1ccc(Br)c(Cl)c1. The molecule has 2 nitrogen and oxygen atoms in total. The van der Waals surface area contributed by atoms with Gasteiger partial charge >= 0.3 is 0 Å². The molecule has 1 unspecified atom stereocenters. The third kappa shape index (κ3) is 3.68. The van der Waals surface area contributed by atoms with Crippen molar-refractivity contribution in [2.75, 3.05) is 5.32 Å². The number of anilines is 1. The number of thiol groups is 1. The maximum atomic E-state index is 11.7. The molecule has 0 aliphatic rings. The minimum atomic E-state index is -0.317. The number of carbonyl (C=O) groups excluding carboxylic acids is 1. The van der Waals surface area contributed by atoms with Crippen molar-refractivity contribution in [1.29, 1.82) is 0 Å². The van der Waals surface area contributed by atoms with E-state index in [1.807, 2.05) is 13.8 Å². The van der Waals surface area contributed by atoms with Crippen molar-refractivity contribution in [1.82, 2.24) is 0 Å². The first-order chi connectivity index (χ1) is 7.41. The Balaban J connectivity index is 2.74. The molecule has 1 N–H and O–H groups in total. The molecule has 1 aromatic carbocycles. The van der Waals surface area contributed by atoms with Crippen molar-refractivity contribution < 1.29 is 4.79 Å². The first-order valence-electron chi connectivity index (χ1n) is 4.86. The highest BCUT2D eigenvalue weighted by molar-refractivity contribution is 9.10. The maximum Gasteiger partial charge on any atom is 0.237 e. The van der Waals surface area contributed by atoms with Crippen molar-refractivity contribution in [2.45, 2.75) is 19.1 Å². The van der Waals surface area contributed by atoms with Gasteiger partial charge in [0.2, 0.25) is 5.91 Å². The van der Waals surface area contributed by atoms with Gasteiger partial charge in [0.25, 0.3) is 0 Å². The minimum absolute atomic E-state index is 0.114. The lowest BCUT2D eigenvalue weighted by Gasteiger charge is -2.14. The molecule has 0 spiro atoms. The molecule has 1 rings (SSSR count). The Kier molecular flexibility index (Phi) is 5.15. The largest absolute Gasteiger partial charge is 0.325 e. The molecule has 0 aliphatic heterocycles. The monoisotopic (exact) mass is 321 g/mol. The fourth-order valence-corrected chi connectivity index (χ4v) is 1.58. The molecular formula is C11H13BrClNOS. The zero-order valence-electron chi connectivity index (χ0n) is 9.00. The van der Waals surface area contributed by atoms with Gasteiger partial charge in [-0.1, -0.05) is 25.4 Å².